The van der Waals surface area contributed by atoms with Crippen molar-refractivity contribution in [2.45, 2.75) is 6.92 Å². The lowest BCUT2D eigenvalue weighted by atomic mass is 9.98. The molecule has 0 spiro atoms. The predicted octanol–water partition coefficient (Wildman–Crippen LogP) is 14.7. The topological polar surface area (TPSA) is 14.8 Å². The van der Waals surface area contributed by atoms with Crippen molar-refractivity contribution in [1.29, 1.82) is 0 Å². The first kappa shape index (κ1) is 33.7. The van der Waals surface area contributed by atoms with Crippen LogP contribution >= 0.6 is 0 Å². The van der Waals surface area contributed by atoms with Crippen LogP contribution in [-0.4, -0.2) is 13.7 Å². The predicted molar refractivity (Wildman–Crippen MR) is 247 cm³/mol. The number of hydrogen-bond acceptors (Lipinski definition) is 0. The summed E-state index contributed by atoms with van der Waals surface area (Å²) in [7, 11) is 0. The zero-order chi connectivity index (χ0) is 38.7. The lowest BCUT2D eigenvalue weighted by molar-refractivity contribution is 1.05. The molecule has 0 saturated heterocycles. The molecular formula is C55H39N3. The lowest BCUT2D eigenvalue weighted by Gasteiger charge is -2.10. The second-order valence-electron chi connectivity index (χ2n) is 15.1. The van der Waals surface area contributed by atoms with E-state index in [0.717, 1.165) is 11.4 Å². The van der Waals surface area contributed by atoms with E-state index in [4.69, 9.17) is 0 Å². The largest absolute Gasteiger partial charge is 0.313 e. The molecule has 11 aromatic rings. The molecule has 0 fully saturated rings. The molecule has 0 aliphatic carbocycles. The van der Waals surface area contributed by atoms with Gasteiger partial charge in [-0.1, -0.05) is 122 Å². The number of fused-ring (bicyclic) bond motifs is 7. The third-order valence-corrected chi connectivity index (χ3v) is 11.8. The van der Waals surface area contributed by atoms with E-state index < -0.39 is 0 Å². The third kappa shape index (κ3) is 5.28. The molecule has 0 aliphatic rings. The number of aromatic nitrogens is 3. The molecule has 58 heavy (non-hydrogen) atoms. The zero-order valence-corrected chi connectivity index (χ0v) is 32.2. The van der Waals surface area contributed by atoms with Crippen LogP contribution in [0.15, 0.2) is 207 Å². The van der Waals surface area contributed by atoms with Crippen LogP contribution in [0.4, 0.5) is 0 Å². The summed E-state index contributed by atoms with van der Waals surface area (Å²) in [6.07, 6.45) is 6.06. The Kier molecular flexibility index (Phi) is 7.87. The molecule has 0 unspecified atom stereocenters. The molecule has 3 heterocycles. The average Bonchev–Trinajstić information content (AvgIpc) is 3.89. The SMILES string of the molecule is C=C/C=C\c1c(C)n(-c2ccccc2)c2ccc(-c3ccc4c(c3)c3cc(-c5ccc6c(c5)c5ccccc5n6-c5ccccc5)ccc3n4-c3ccccc3)cc12. The molecule has 11 rings (SSSR count). The molecule has 274 valence electrons. The summed E-state index contributed by atoms with van der Waals surface area (Å²) in [4.78, 5) is 0. The summed E-state index contributed by atoms with van der Waals surface area (Å²) in [5.74, 6) is 0. The Morgan fingerprint density at radius 1 is 0.362 bits per heavy atom. The standard InChI is InChI=1S/C55H39N3/c1-3-4-22-45-37(2)56(42-16-8-5-9-17-42)52-29-25-38(33-47(45)52)40-27-31-54-49(35-40)50-36-41(28-32-55(50)58(54)44-20-12-7-13-21-44)39-26-30-53-48(34-39)46-23-14-15-24-51(46)57(53)43-18-10-6-11-19-43/h3-36H,1H2,2H3/b22-4-. The molecule has 0 atom stereocenters. The minimum absolute atomic E-state index is 1.15. The van der Waals surface area contributed by atoms with Gasteiger partial charge in [0.15, 0.2) is 0 Å². The van der Waals surface area contributed by atoms with Crippen LogP contribution in [0.3, 0.4) is 0 Å². The van der Waals surface area contributed by atoms with Crippen molar-refractivity contribution in [2.24, 2.45) is 0 Å². The minimum atomic E-state index is 1.15. The second kappa shape index (κ2) is 13.5. The van der Waals surface area contributed by atoms with Crippen molar-refractivity contribution >= 4 is 60.6 Å². The zero-order valence-electron chi connectivity index (χ0n) is 32.2. The Balaban J connectivity index is 1.10. The first-order valence-corrected chi connectivity index (χ1v) is 19.9. The first-order chi connectivity index (χ1) is 28.7. The summed E-state index contributed by atoms with van der Waals surface area (Å²) >= 11 is 0. The molecule has 3 heteroatoms. The molecule has 0 bridgehead atoms. The lowest BCUT2D eigenvalue weighted by Crippen LogP contribution is -1.96. The van der Waals surface area contributed by atoms with Gasteiger partial charge in [-0.25, -0.2) is 0 Å². The summed E-state index contributed by atoms with van der Waals surface area (Å²) in [5, 5.41) is 6.18. The molecule has 0 aliphatic heterocycles. The highest BCUT2D eigenvalue weighted by molar-refractivity contribution is 6.13. The number of benzene rings is 8. The van der Waals surface area contributed by atoms with E-state index in [2.05, 4.69) is 221 Å². The fraction of sp³-hybridized carbons (Fsp3) is 0.0182. The maximum atomic E-state index is 3.96. The second-order valence-corrected chi connectivity index (χ2v) is 15.1. The number of allylic oxidation sites excluding steroid dienone is 2. The van der Waals surface area contributed by atoms with Crippen molar-refractivity contribution < 1.29 is 0 Å². The monoisotopic (exact) mass is 741 g/mol. The maximum Gasteiger partial charge on any atom is 0.0541 e. The van der Waals surface area contributed by atoms with Gasteiger partial charge in [-0.3, -0.25) is 0 Å². The number of nitrogens with zero attached hydrogens (tertiary/aromatic N) is 3. The Hall–Kier alpha value is -7.62. The quantitative estimate of drug-likeness (QED) is 0.145. The van der Waals surface area contributed by atoms with Gasteiger partial charge in [0.05, 0.1) is 27.6 Å². The Morgan fingerprint density at radius 3 is 1.19 bits per heavy atom. The van der Waals surface area contributed by atoms with E-state index in [9.17, 15) is 0 Å². The highest BCUT2D eigenvalue weighted by atomic mass is 15.0. The van der Waals surface area contributed by atoms with Crippen molar-refractivity contribution in [3.63, 3.8) is 0 Å². The Bertz CT molecular complexity index is 3390. The average molecular weight is 742 g/mol. The van der Waals surface area contributed by atoms with E-state index in [0.29, 0.717) is 0 Å². The third-order valence-electron chi connectivity index (χ3n) is 11.8. The van der Waals surface area contributed by atoms with Crippen LogP contribution in [0.5, 0.6) is 0 Å². The van der Waals surface area contributed by atoms with Crippen LogP contribution in [0, 0.1) is 6.92 Å². The van der Waals surface area contributed by atoms with Crippen LogP contribution < -0.4 is 0 Å². The molecule has 0 N–H and O–H groups in total. The molecule has 3 aromatic heterocycles. The number of para-hydroxylation sites is 4. The van der Waals surface area contributed by atoms with Crippen molar-refractivity contribution in [2.75, 3.05) is 0 Å². The minimum Gasteiger partial charge on any atom is -0.313 e. The molecule has 0 saturated carbocycles. The summed E-state index contributed by atoms with van der Waals surface area (Å²) < 4.78 is 7.14. The molecule has 0 radical (unpaired) electrons. The van der Waals surface area contributed by atoms with Gasteiger partial charge in [0.2, 0.25) is 0 Å². The van der Waals surface area contributed by atoms with Crippen LogP contribution in [0.25, 0.3) is 99.9 Å². The van der Waals surface area contributed by atoms with Gasteiger partial charge in [0.25, 0.3) is 0 Å². The van der Waals surface area contributed by atoms with Crippen LogP contribution in [0.2, 0.25) is 0 Å². The van der Waals surface area contributed by atoms with E-state index in [1.807, 2.05) is 12.2 Å². The fourth-order valence-corrected chi connectivity index (χ4v) is 9.15. The van der Waals surface area contributed by atoms with E-state index >= 15 is 0 Å². The Morgan fingerprint density at radius 2 is 0.724 bits per heavy atom. The van der Waals surface area contributed by atoms with Gasteiger partial charge in [-0.15, -0.1) is 0 Å². The summed E-state index contributed by atoms with van der Waals surface area (Å²) in [5.41, 5.74) is 16.6. The van der Waals surface area contributed by atoms with Gasteiger partial charge < -0.3 is 13.7 Å². The molecule has 3 nitrogen and oxygen atoms in total. The van der Waals surface area contributed by atoms with Crippen molar-refractivity contribution in [1.82, 2.24) is 13.7 Å². The smallest absolute Gasteiger partial charge is 0.0541 e. The molecule has 8 aromatic carbocycles. The highest BCUT2D eigenvalue weighted by Crippen LogP contribution is 2.40. The highest BCUT2D eigenvalue weighted by Gasteiger charge is 2.18. The summed E-state index contributed by atoms with van der Waals surface area (Å²) in [6, 6.07) is 68.5. The number of rotatable bonds is 7. The van der Waals surface area contributed by atoms with Crippen LogP contribution in [0.1, 0.15) is 11.3 Å². The van der Waals surface area contributed by atoms with Gasteiger partial charge in [-0.2, -0.15) is 0 Å². The molecule has 0 amide bonds. The van der Waals surface area contributed by atoms with Gasteiger partial charge in [0.1, 0.15) is 0 Å². The normalized spacial score (nSPS) is 11.9. The van der Waals surface area contributed by atoms with Gasteiger partial charge >= 0.3 is 0 Å². The van der Waals surface area contributed by atoms with Crippen LogP contribution in [-0.2, 0) is 0 Å². The first-order valence-electron chi connectivity index (χ1n) is 19.9. The summed E-state index contributed by atoms with van der Waals surface area (Å²) in [6.45, 7) is 6.16. The van der Waals surface area contributed by atoms with Crippen molar-refractivity contribution in [3.05, 3.63) is 218 Å². The Labute approximate surface area is 337 Å². The van der Waals surface area contributed by atoms with Gasteiger partial charge in [0, 0.05) is 55.3 Å². The van der Waals surface area contributed by atoms with E-state index in [-0.39, 0.29) is 0 Å². The molecular weight excluding hydrogens is 703 g/mol. The number of hydrogen-bond donors (Lipinski definition) is 0. The van der Waals surface area contributed by atoms with Gasteiger partial charge in [-0.05, 0) is 120 Å². The van der Waals surface area contributed by atoms with E-state index in [1.54, 1.807) is 0 Å². The van der Waals surface area contributed by atoms with E-state index in [1.165, 1.54) is 93.7 Å². The van der Waals surface area contributed by atoms with Crippen molar-refractivity contribution in [3.8, 4) is 39.3 Å². The fourth-order valence-electron chi connectivity index (χ4n) is 9.15. The maximum absolute atomic E-state index is 3.96.